The molecule has 8 aromatic rings. The minimum absolute atomic E-state index is 0.150. The van der Waals surface area contributed by atoms with Gasteiger partial charge in [0.1, 0.15) is 0 Å². The monoisotopic (exact) mass is 781 g/mol. The van der Waals surface area contributed by atoms with E-state index in [1.165, 1.54) is 131 Å². The molecule has 0 amide bonds. The van der Waals surface area contributed by atoms with Crippen LogP contribution in [0.25, 0.3) is 53.6 Å². The lowest BCUT2D eigenvalue weighted by Gasteiger charge is -2.57. The van der Waals surface area contributed by atoms with Crippen LogP contribution >= 0.6 is 11.3 Å². The van der Waals surface area contributed by atoms with Crippen molar-refractivity contribution in [1.29, 1.82) is 0 Å². The van der Waals surface area contributed by atoms with Crippen LogP contribution in [0.5, 0.6) is 0 Å². The van der Waals surface area contributed by atoms with E-state index in [0.29, 0.717) is 5.41 Å². The molecule has 4 bridgehead atoms. The van der Waals surface area contributed by atoms with Gasteiger partial charge in [-0.3, -0.25) is 0 Å². The maximum absolute atomic E-state index is 2.54. The molecule has 290 valence electrons. The Labute approximate surface area is 353 Å². The molecule has 59 heavy (non-hydrogen) atoms. The molecule has 1 nitrogen and oxygen atoms in total. The van der Waals surface area contributed by atoms with Crippen molar-refractivity contribution >= 4 is 48.6 Å². The molecule has 7 aromatic carbocycles. The Balaban J connectivity index is 0.958. The highest BCUT2D eigenvalue weighted by molar-refractivity contribution is 7.25. The van der Waals surface area contributed by atoms with Crippen LogP contribution in [0.3, 0.4) is 0 Å². The molecule has 5 aliphatic rings. The van der Waals surface area contributed by atoms with Crippen molar-refractivity contribution in [1.82, 2.24) is 0 Å². The Bertz CT molecular complexity index is 2910. The van der Waals surface area contributed by atoms with E-state index < -0.39 is 0 Å². The van der Waals surface area contributed by atoms with Gasteiger partial charge in [0.2, 0.25) is 0 Å². The molecule has 0 unspecified atom stereocenters. The summed E-state index contributed by atoms with van der Waals surface area (Å²) in [4.78, 5) is 2.54. The Morgan fingerprint density at radius 2 is 1.05 bits per heavy atom. The number of fused-ring (bicyclic) bond motifs is 6. The predicted octanol–water partition coefficient (Wildman–Crippen LogP) is 16.2. The summed E-state index contributed by atoms with van der Waals surface area (Å²) in [7, 11) is 0. The topological polar surface area (TPSA) is 3.24 Å². The van der Waals surface area contributed by atoms with E-state index in [2.05, 4.69) is 178 Å². The first-order valence-electron chi connectivity index (χ1n) is 22.0. The average molecular weight is 782 g/mol. The number of thiophene rings is 1. The molecule has 0 spiro atoms. The fourth-order valence-corrected chi connectivity index (χ4v) is 14.0. The third-order valence-corrected chi connectivity index (χ3v) is 16.4. The Morgan fingerprint density at radius 3 is 1.76 bits per heavy atom. The second-order valence-electron chi connectivity index (χ2n) is 19.3. The van der Waals surface area contributed by atoms with Crippen LogP contribution in [0.15, 0.2) is 146 Å². The molecule has 4 saturated carbocycles. The lowest BCUT2D eigenvalue weighted by molar-refractivity contribution is -0.00518. The van der Waals surface area contributed by atoms with Gasteiger partial charge in [0.05, 0.1) is 5.69 Å². The van der Waals surface area contributed by atoms with Gasteiger partial charge in [-0.25, -0.2) is 0 Å². The number of rotatable bonds is 6. The van der Waals surface area contributed by atoms with E-state index in [0.717, 1.165) is 17.8 Å². The summed E-state index contributed by atoms with van der Waals surface area (Å²) < 4.78 is 2.66. The first-order valence-corrected chi connectivity index (χ1v) is 22.8. The van der Waals surface area contributed by atoms with E-state index in [1.54, 1.807) is 5.56 Å². The molecular weight excluding hydrogens is 731 g/mol. The van der Waals surface area contributed by atoms with Gasteiger partial charge in [0, 0.05) is 37.0 Å². The number of nitrogens with zero attached hydrogens (tertiary/aromatic N) is 1. The third kappa shape index (κ3) is 5.55. The number of hydrogen-bond acceptors (Lipinski definition) is 2. The van der Waals surface area contributed by atoms with E-state index >= 15 is 0 Å². The van der Waals surface area contributed by atoms with Crippen molar-refractivity contribution in [3.8, 4) is 33.4 Å². The number of benzene rings is 7. The third-order valence-electron chi connectivity index (χ3n) is 15.2. The van der Waals surface area contributed by atoms with E-state index in [9.17, 15) is 0 Å². The largest absolute Gasteiger partial charge is 0.310 e. The molecular formula is C57H51NS. The van der Waals surface area contributed by atoms with Crippen LogP contribution < -0.4 is 4.90 Å². The van der Waals surface area contributed by atoms with Crippen LogP contribution in [-0.2, 0) is 10.8 Å². The van der Waals surface area contributed by atoms with Crippen molar-refractivity contribution in [2.24, 2.45) is 17.8 Å². The second kappa shape index (κ2) is 13.0. The molecule has 1 heterocycles. The molecule has 4 fully saturated rings. The van der Waals surface area contributed by atoms with Crippen LogP contribution in [0.2, 0.25) is 0 Å². The highest BCUT2D eigenvalue weighted by atomic mass is 32.1. The van der Waals surface area contributed by atoms with Crippen molar-refractivity contribution < 1.29 is 0 Å². The first kappa shape index (κ1) is 35.5. The summed E-state index contributed by atoms with van der Waals surface area (Å²) in [5.41, 5.74) is 18.8. The number of aryl methyl sites for hydroxylation is 2. The molecule has 0 saturated heterocycles. The molecule has 13 rings (SSSR count). The normalized spacial score (nSPS) is 22.2. The minimum Gasteiger partial charge on any atom is -0.310 e. The quantitative estimate of drug-likeness (QED) is 0.162. The smallest absolute Gasteiger partial charge is 0.0520 e. The molecule has 2 heteroatoms. The first-order chi connectivity index (χ1) is 28.7. The standard InChI is InChI=1S/C57H51NS/c1-35-24-43(41-14-17-44(18-15-41)57-32-37-26-38(33-57)28-39(27-37)34-57)25-36(2)55(35)58(46-20-23-50-49-12-8-9-13-53(49)59-54(50)31-46)45-19-22-48-47-21-16-42(40-10-6-5-7-11-40)29-51(47)56(3,4)52(48)30-45/h5-25,29-31,37-39H,26-28,32-34H2,1-4H3. The van der Waals surface area contributed by atoms with Gasteiger partial charge in [0.15, 0.2) is 0 Å². The van der Waals surface area contributed by atoms with Crippen molar-refractivity contribution in [3.05, 3.63) is 173 Å². The molecule has 0 atom stereocenters. The Hall–Kier alpha value is -5.44. The van der Waals surface area contributed by atoms with Crippen LogP contribution in [0, 0.1) is 31.6 Å². The second-order valence-corrected chi connectivity index (χ2v) is 20.4. The van der Waals surface area contributed by atoms with Crippen LogP contribution in [0.1, 0.15) is 80.2 Å². The summed E-state index contributed by atoms with van der Waals surface area (Å²) in [6.07, 6.45) is 8.70. The molecule has 0 aliphatic heterocycles. The van der Waals surface area contributed by atoms with E-state index in [1.807, 2.05) is 11.3 Å². The minimum atomic E-state index is -0.150. The van der Waals surface area contributed by atoms with Gasteiger partial charge >= 0.3 is 0 Å². The zero-order chi connectivity index (χ0) is 39.6. The van der Waals surface area contributed by atoms with Crippen molar-refractivity contribution in [3.63, 3.8) is 0 Å². The van der Waals surface area contributed by atoms with Crippen LogP contribution in [-0.4, -0.2) is 0 Å². The zero-order valence-corrected chi connectivity index (χ0v) is 35.5. The van der Waals surface area contributed by atoms with Gasteiger partial charge in [-0.15, -0.1) is 11.3 Å². The highest BCUT2D eigenvalue weighted by Crippen LogP contribution is 2.61. The lowest BCUT2D eigenvalue weighted by Crippen LogP contribution is -2.48. The maximum atomic E-state index is 2.54. The summed E-state index contributed by atoms with van der Waals surface area (Å²) in [6, 6.07) is 55.8. The SMILES string of the molecule is Cc1cc(-c2ccc(C34CC5CC(CC(C5)C3)C4)cc2)cc(C)c1N(c1ccc2c(c1)C(C)(C)c1cc(-c3ccccc3)ccc1-2)c1ccc2c(c1)sc1ccccc12. The molecule has 0 radical (unpaired) electrons. The summed E-state index contributed by atoms with van der Waals surface area (Å²) in [5.74, 6) is 2.88. The molecule has 1 aromatic heterocycles. The van der Waals surface area contributed by atoms with Gasteiger partial charge in [-0.2, -0.15) is 0 Å². The Kier molecular flexibility index (Phi) is 7.84. The van der Waals surface area contributed by atoms with Gasteiger partial charge < -0.3 is 4.90 Å². The van der Waals surface area contributed by atoms with E-state index in [-0.39, 0.29) is 5.41 Å². The van der Waals surface area contributed by atoms with Crippen molar-refractivity contribution in [2.45, 2.75) is 77.0 Å². The highest BCUT2D eigenvalue weighted by Gasteiger charge is 2.51. The van der Waals surface area contributed by atoms with Gasteiger partial charge in [-0.05, 0) is 185 Å². The van der Waals surface area contributed by atoms with E-state index in [4.69, 9.17) is 0 Å². The predicted molar refractivity (Wildman–Crippen MR) is 252 cm³/mol. The Morgan fingerprint density at radius 1 is 0.492 bits per heavy atom. The number of anilines is 3. The van der Waals surface area contributed by atoms with Gasteiger partial charge in [0.25, 0.3) is 0 Å². The zero-order valence-electron chi connectivity index (χ0n) is 34.7. The summed E-state index contributed by atoms with van der Waals surface area (Å²) in [5, 5.41) is 2.67. The molecule has 5 aliphatic carbocycles. The van der Waals surface area contributed by atoms with Gasteiger partial charge in [-0.1, -0.05) is 111 Å². The van der Waals surface area contributed by atoms with Crippen LogP contribution in [0.4, 0.5) is 17.1 Å². The maximum Gasteiger partial charge on any atom is 0.0520 e. The number of hydrogen-bond donors (Lipinski definition) is 0. The molecule has 0 N–H and O–H groups in total. The fraction of sp³-hybridized carbons (Fsp3) is 0.263. The average Bonchev–Trinajstić information content (AvgIpc) is 3.72. The fourth-order valence-electron chi connectivity index (χ4n) is 12.9. The summed E-state index contributed by atoms with van der Waals surface area (Å²) >= 11 is 1.89. The lowest BCUT2D eigenvalue weighted by atomic mass is 9.48. The van der Waals surface area contributed by atoms with Crippen molar-refractivity contribution in [2.75, 3.05) is 4.90 Å². The summed E-state index contributed by atoms with van der Waals surface area (Å²) in [6.45, 7) is 9.45.